The fourth-order valence-electron chi connectivity index (χ4n) is 2.70. The molecule has 7 heteroatoms. The van der Waals surface area contributed by atoms with Gasteiger partial charge in [0.2, 0.25) is 0 Å². The van der Waals surface area contributed by atoms with E-state index in [1.54, 1.807) is 11.8 Å². The van der Waals surface area contributed by atoms with E-state index in [2.05, 4.69) is 0 Å². The summed E-state index contributed by atoms with van der Waals surface area (Å²) in [6, 6.07) is 4.01. The van der Waals surface area contributed by atoms with Crippen LogP contribution in [0.5, 0.6) is 0 Å². The van der Waals surface area contributed by atoms with Gasteiger partial charge in [0, 0.05) is 24.2 Å². The summed E-state index contributed by atoms with van der Waals surface area (Å²) in [4.78, 5) is 24.4. The van der Waals surface area contributed by atoms with Crippen molar-refractivity contribution in [2.45, 2.75) is 38.3 Å². The average molecular weight is 313 g/mol. The van der Waals surface area contributed by atoms with Crippen molar-refractivity contribution in [2.75, 3.05) is 6.54 Å². The van der Waals surface area contributed by atoms with Crippen LogP contribution >= 0.6 is 11.6 Å². The molecule has 0 radical (unpaired) electrons. The summed E-state index contributed by atoms with van der Waals surface area (Å²) in [6.07, 6.45) is 1.82. The Morgan fingerprint density at radius 1 is 1.62 bits per heavy atom. The molecule has 0 aromatic heterocycles. The molecule has 1 amide bonds. The number of nitro groups is 1. The van der Waals surface area contributed by atoms with Crippen molar-refractivity contribution in [3.8, 4) is 0 Å². The molecule has 1 fully saturated rings. The summed E-state index contributed by atoms with van der Waals surface area (Å²) in [5, 5.41) is 20.2. The number of halogens is 1. The maximum atomic E-state index is 12.5. The quantitative estimate of drug-likeness (QED) is 0.684. The zero-order chi connectivity index (χ0) is 15.6. The molecule has 1 N–H and O–H groups in total. The molecule has 6 nitrogen and oxygen atoms in total. The maximum Gasteiger partial charge on any atom is 0.287 e. The van der Waals surface area contributed by atoms with E-state index < -0.39 is 11.0 Å². The topological polar surface area (TPSA) is 83.7 Å². The average Bonchev–Trinajstić information content (AvgIpc) is 2.84. The Bertz CT molecular complexity index is 562. The molecule has 114 valence electrons. The van der Waals surface area contributed by atoms with Crippen molar-refractivity contribution in [3.05, 3.63) is 38.9 Å². The molecule has 1 aromatic rings. The molecule has 21 heavy (non-hydrogen) atoms. The Morgan fingerprint density at radius 3 is 2.90 bits per heavy atom. The van der Waals surface area contributed by atoms with Gasteiger partial charge >= 0.3 is 0 Å². The molecule has 0 spiro atoms. The standard InChI is InChI=1S/C14H17ClN2O4/c1-9(18)7-11-3-2-6-16(11)14(19)10-4-5-13(17(20)21)12(15)8-10/h4-5,8-9,11,18H,2-3,6-7H2,1H3/t9-,11+/m1/s1. The van der Waals surface area contributed by atoms with Crippen LogP contribution in [0.3, 0.4) is 0 Å². The van der Waals surface area contributed by atoms with E-state index in [1.165, 1.54) is 18.2 Å². The Labute approximate surface area is 127 Å². The van der Waals surface area contributed by atoms with Crippen LogP contribution in [0.1, 0.15) is 36.5 Å². The normalized spacial score (nSPS) is 19.6. The van der Waals surface area contributed by atoms with Gasteiger partial charge < -0.3 is 10.0 Å². The van der Waals surface area contributed by atoms with Crippen LogP contribution in [0, 0.1) is 10.1 Å². The van der Waals surface area contributed by atoms with Gasteiger partial charge in [-0.3, -0.25) is 14.9 Å². The number of rotatable bonds is 4. The summed E-state index contributed by atoms with van der Waals surface area (Å²) in [5.74, 6) is -0.199. The van der Waals surface area contributed by atoms with Crippen LogP contribution in [0.15, 0.2) is 18.2 Å². The fourth-order valence-corrected chi connectivity index (χ4v) is 2.95. The largest absolute Gasteiger partial charge is 0.393 e. The Kier molecular flexibility index (Phi) is 4.80. The molecule has 1 aliphatic rings. The Hall–Kier alpha value is -1.66. The lowest BCUT2D eigenvalue weighted by Crippen LogP contribution is -2.37. The van der Waals surface area contributed by atoms with Gasteiger partial charge in [0.05, 0.1) is 11.0 Å². The zero-order valence-corrected chi connectivity index (χ0v) is 12.4. The van der Waals surface area contributed by atoms with Crippen LogP contribution in [0.2, 0.25) is 5.02 Å². The number of nitro benzene ring substituents is 1. The lowest BCUT2D eigenvalue weighted by atomic mass is 10.1. The SMILES string of the molecule is C[C@@H](O)C[C@@H]1CCCN1C(=O)c1ccc([N+](=O)[O-])c(Cl)c1. The van der Waals surface area contributed by atoms with E-state index in [1.807, 2.05) is 0 Å². The zero-order valence-electron chi connectivity index (χ0n) is 11.7. The predicted molar refractivity (Wildman–Crippen MR) is 78.5 cm³/mol. The third-order valence-electron chi connectivity index (χ3n) is 3.64. The smallest absolute Gasteiger partial charge is 0.287 e. The third-order valence-corrected chi connectivity index (χ3v) is 3.95. The summed E-state index contributed by atoms with van der Waals surface area (Å²) < 4.78 is 0. The Morgan fingerprint density at radius 2 is 2.33 bits per heavy atom. The highest BCUT2D eigenvalue weighted by molar-refractivity contribution is 6.33. The summed E-state index contributed by atoms with van der Waals surface area (Å²) in [6.45, 7) is 2.33. The van der Waals surface area contributed by atoms with Crippen LogP contribution in [0.25, 0.3) is 0 Å². The van der Waals surface area contributed by atoms with Gasteiger partial charge in [-0.1, -0.05) is 11.6 Å². The molecular weight excluding hydrogens is 296 g/mol. The molecule has 1 saturated heterocycles. The van der Waals surface area contributed by atoms with Crippen molar-refractivity contribution in [2.24, 2.45) is 0 Å². The van der Waals surface area contributed by atoms with Crippen molar-refractivity contribution in [3.63, 3.8) is 0 Å². The lowest BCUT2D eigenvalue weighted by molar-refractivity contribution is -0.384. The van der Waals surface area contributed by atoms with E-state index in [9.17, 15) is 20.0 Å². The van der Waals surface area contributed by atoms with Crippen LogP contribution < -0.4 is 0 Å². The summed E-state index contributed by atoms with van der Waals surface area (Å²) in [5.41, 5.74) is 0.123. The van der Waals surface area contributed by atoms with Crippen LogP contribution in [-0.4, -0.2) is 39.5 Å². The van der Waals surface area contributed by atoms with Gasteiger partial charge in [-0.05, 0) is 38.3 Å². The molecule has 0 saturated carbocycles. The molecule has 2 rings (SSSR count). The van der Waals surface area contributed by atoms with Gasteiger partial charge in [-0.15, -0.1) is 0 Å². The number of benzene rings is 1. The molecule has 1 aliphatic heterocycles. The predicted octanol–water partition coefficient (Wildman–Crippen LogP) is 2.62. The highest BCUT2D eigenvalue weighted by Crippen LogP contribution is 2.28. The second-order valence-electron chi connectivity index (χ2n) is 5.30. The number of likely N-dealkylation sites (tertiary alicyclic amines) is 1. The monoisotopic (exact) mass is 312 g/mol. The van der Waals surface area contributed by atoms with Crippen molar-refractivity contribution < 1.29 is 14.8 Å². The first-order valence-corrected chi connectivity index (χ1v) is 7.21. The number of carbonyl (C=O) groups excluding carboxylic acids is 1. The van der Waals surface area contributed by atoms with Gasteiger partial charge in [-0.25, -0.2) is 0 Å². The van der Waals surface area contributed by atoms with Crippen molar-refractivity contribution in [1.82, 2.24) is 4.90 Å². The number of nitrogens with zero attached hydrogens (tertiary/aromatic N) is 2. The maximum absolute atomic E-state index is 12.5. The van der Waals surface area contributed by atoms with Crippen molar-refractivity contribution in [1.29, 1.82) is 0 Å². The van der Waals surface area contributed by atoms with E-state index in [0.29, 0.717) is 18.5 Å². The van der Waals surface area contributed by atoms with Crippen molar-refractivity contribution >= 4 is 23.2 Å². The highest BCUT2D eigenvalue weighted by Gasteiger charge is 2.30. The van der Waals surface area contributed by atoms with E-state index in [0.717, 1.165) is 12.8 Å². The first-order chi connectivity index (χ1) is 9.90. The minimum absolute atomic E-state index is 0.00599. The molecule has 0 aliphatic carbocycles. The number of aliphatic hydroxyl groups excluding tert-OH is 1. The second kappa shape index (κ2) is 6.41. The fraction of sp³-hybridized carbons (Fsp3) is 0.500. The van der Waals surface area contributed by atoms with Crippen LogP contribution in [-0.2, 0) is 0 Å². The number of hydrogen-bond donors (Lipinski definition) is 1. The Balaban J connectivity index is 2.19. The number of carbonyl (C=O) groups is 1. The first kappa shape index (κ1) is 15.7. The first-order valence-electron chi connectivity index (χ1n) is 6.83. The number of aliphatic hydroxyl groups is 1. The van der Waals surface area contributed by atoms with Gasteiger partial charge in [0.15, 0.2) is 0 Å². The minimum atomic E-state index is -0.581. The molecule has 0 unspecified atom stereocenters. The summed E-state index contributed by atoms with van der Waals surface area (Å²) >= 11 is 5.84. The molecular formula is C14H17ClN2O4. The van der Waals surface area contributed by atoms with Gasteiger partial charge in [0.25, 0.3) is 11.6 Å². The van der Waals surface area contributed by atoms with Gasteiger partial charge in [0.1, 0.15) is 5.02 Å². The van der Waals surface area contributed by atoms with E-state index >= 15 is 0 Å². The van der Waals surface area contributed by atoms with E-state index in [4.69, 9.17) is 11.6 Å². The van der Waals surface area contributed by atoms with E-state index in [-0.39, 0.29) is 22.7 Å². The molecule has 1 heterocycles. The van der Waals surface area contributed by atoms with Gasteiger partial charge in [-0.2, -0.15) is 0 Å². The van der Waals surface area contributed by atoms with Crippen LogP contribution in [0.4, 0.5) is 5.69 Å². The number of hydrogen-bond acceptors (Lipinski definition) is 4. The molecule has 1 aromatic carbocycles. The molecule has 2 atom stereocenters. The number of amides is 1. The summed E-state index contributed by atoms with van der Waals surface area (Å²) in [7, 11) is 0. The second-order valence-corrected chi connectivity index (χ2v) is 5.71. The minimum Gasteiger partial charge on any atom is -0.393 e. The molecule has 0 bridgehead atoms. The lowest BCUT2D eigenvalue weighted by Gasteiger charge is -2.25. The third kappa shape index (κ3) is 3.51. The highest BCUT2D eigenvalue weighted by atomic mass is 35.5.